The Balaban J connectivity index is 1.38. The lowest BCUT2D eigenvalue weighted by Gasteiger charge is -2.44. The largest absolute Gasteiger partial charge is 0.324 e. The van der Waals surface area contributed by atoms with Crippen LogP contribution in [0.15, 0.2) is 53.6 Å². The Morgan fingerprint density at radius 2 is 1.88 bits per heavy atom. The standard InChI is InChI=1S/C23H25N5O3S/c24-32(30,31)19-6-4-18(5-7-19)26-23-25-13-16-2-1-3-20(22(16)27-23)21(29)12-17-14-28-10-8-15(17)9-11-28/h1-7,13,15,17H,8-12,14H2,(H2,24,30,31)(H,25,26,27)/t17-/m0/s1. The maximum atomic E-state index is 13.2. The first-order chi connectivity index (χ1) is 15.4. The van der Waals surface area contributed by atoms with Gasteiger partial charge in [0.25, 0.3) is 0 Å². The number of aromatic nitrogens is 2. The SMILES string of the molecule is NS(=O)(=O)c1ccc(Nc2ncc3cccc(C(=O)C[C@H]4CN5CCC4CC5)c3n2)cc1. The van der Waals surface area contributed by atoms with E-state index in [4.69, 9.17) is 5.14 Å². The van der Waals surface area contributed by atoms with Crippen LogP contribution in [0.25, 0.3) is 10.9 Å². The number of hydrogen-bond acceptors (Lipinski definition) is 7. The van der Waals surface area contributed by atoms with Crippen LogP contribution in [0.5, 0.6) is 0 Å². The molecule has 6 rings (SSSR count). The number of fused-ring (bicyclic) bond motifs is 4. The summed E-state index contributed by atoms with van der Waals surface area (Å²) < 4.78 is 22.9. The molecule has 166 valence electrons. The summed E-state index contributed by atoms with van der Waals surface area (Å²) in [4.78, 5) is 24.7. The van der Waals surface area contributed by atoms with E-state index in [-0.39, 0.29) is 10.7 Å². The topological polar surface area (TPSA) is 118 Å². The average Bonchev–Trinajstić information content (AvgIpc) is 2.79. The van der Waals surface area contributed by atoms with E-state index in [1.54, 1.807) is 18.3 Å². The Hall–Kier alpha value is -2.88. The Labute approximate surface area is 186 Å². The predicted molar refractivity (Wildman–Crippen MR) is 122 cm³/mol. The molecule has 3 fully saturated rings. The van der Waals surface area contributed by atoms with E-state index in [0.717, 1.165) is 25.0 Å². The van der Waals surface area contributed by atoms with Crippen molar-refractivity contribution in [1.82, 2.24) is 14.9 Å². The second kappa shape index (κ2) is 8.23. The quantitative estimate of drug-likeness (QED) is 0.553. The van der Waals surface area contributed by atoms with Crippen LogP contribution in [0.1, 0.15) is 29.6 Å². The smallest absolute Gasteiger partial charge is 0.238 e. The highest BCUT2D eigenvalue weighted by molar-refractivity contribution is 7.89. The molecule has 8 nitrogen and oxygen atoms in total. The van der Waals surface area contributed by atoms with Gasteiger partial charge in [0.1, 0.15) is 0 Å². The third-order valence-corrected chi connectivity index (χ3v) is 7.52. The van der Waals surface area contributed by atoms with Gasteiger partial charge in [0.05, 0.1) is 10.4 Å². The summed E-state index contributed by atoms with van der Waals surface area (Å²) >= 11 is 0. The van der Waals surface area contributed by atoms with Crippen LogP contribution in [0.2, 0.25) is 0 Å². The van der Waals surface area contributed by atoms with Gasteiger partial charge in [-0.2, -0.15) is 0 Å². The number of sulfonamides is 1. The molecule has 0 saturated carbocycles. The van der Waals surface area contributed by atoms with Crippen molar-refractivity contribution in [3.05, 3.63) is 54.2 Å². The monoisotopic (exact) mass is 451 g/mol. The molecule has 0 spiro atoms. The van der Waals surface area contributed by atoms with Crippen molar-refractivity contribution < 1.29 is 13.2 Å². The second-order valence-corrected chi connectivity index (χ2v) is 10.2. The second-order valence-electron chi connectivity index (χ2n) is 8.66. The molecule has 3 aliphatic heterocycles. The van der Waals surface area contributed by atoms with E-state index < -0.39 is 10.0 Å². The fourth-order valence-electron chi connectivity index (χ4n) is 4.86. The summed E-state index contributed by atoms with van der Waals surface area (Å²) in [6.45, 7) is 3.33. The summed E-state index contributed by atoms with van der Waals surface area (Å²) in [6, 6.07) is 11.6. The number of para-hydroxylation sites is 1. The van der Waals surface area contributed by atoms with Gasteiger partial charge in [0.15, 0.2) is 5.78 Å². The number of nitrogens with one attached hydrogen (secondary N) is 1. The Kier molecular flexibility index (Phi) is 5.40. The van der Waals surface area contributed by atoms with Crippen LogP contribution in [0.4, 0.5) is 11.6 Å². The molecule has 32 heavy (non-hydrogen) atoms. The number of Topliss-reactive ketones (excluding diaryl/α,β-unsaturated/α-hetero) is 1. The van der Waals surface area contributed by atoms with Crippen LogP contribution in [-0.2, 0) is 10.0 Å². The zero-order valence-corrected chi connectivity index (χ0v) is 18.4. The number of ketones is 1. The van der Waals surface area contributed by atoms with E-state index in [9.17, 15) is 13.2 Å². The van der Waals surface area contributed by atoms with Crippen molar-refractivity contribution in [3.8, 4) is 0 Å². The highest BCUT2D eigenvalue weighted by atomic mass is 32.2. The summed E-state index contributed by atoms with van der Waals surface area (Å²) in [5.74, 6) is 1.52. The van der Waals surface area contributed by atoms with Crippen LogP contribution in [0, 0.1) is 11.8 Å². The van der Waals surface area contributed by atoms with Gasteiger partial charge < -0.3 is 10.2 Å². The van der Waals surface area contributed by atoms with Gasteiger partial charge in [0.2, 0.25) is 16.0 Å². The number of anilines is 2. The van der Waals surface area contributed by atoms with Crippen molar-refractivity contribution in [2.24, 2.45) is 17.0 Å². The molecule has 3 N–H and O–H groups in total. The minimum atomic E-state index is -3.75. The molecular formula is C23H25N5O3S. The zero-order chi connectivity index (χ0) is 22.3. The lowest BCUT2D eigenvalue weighted by Crippen LogP contribution is -2.47. The molecule has 1 aromatic heterocycles. The summed E-state index contributed by atoms with van der Waals surface area (Å²) in [5, 5.41) is 9.02. The summed E-state index contributed by atoms with van der Waals surface area (Å²) in [7, 11) is -3.75. The Bertz CT molecular complexity index is 1270. The number of nitrogens with two attached hydrogens (primary N) is 1. The molecule has 2 aromatic carbocycles. The van der Waals surface area contributed by atoms with Crippen molar-refractivity contribution in [1.29, 1.82) is 0 Å². The fourth-order valence-corrected chi connectivity index (χ4v) is 5.38. The van der Waals surface area contributed by atoms with Crippen molar-refractivity contribution in [2.45, 2.75) is 24.2 Å². The van der Waals surface area contributed by atoms with Gasteiger partial charge in [-0.3, -0.25) is 4.79 Å². The molecule has 2 bridgehead atoms. The van der Waals surface area contributed by atoms with Crippen LogP contribution in [-0.4, -0.2) is 48.7 Å². The molecular weight excluding hydrogens is 426 g/mol. The third kappa shape index (κ3) is 4.23. The van der Waals surface area contributed by atoms with E-state index in [1.165, 1.54) is 25.0 Å². The number of primary sulfonamides is 1. The van der Waals surface area contributed by atoms with Crippen LogP contribution >= 0.6 is 0 Å². The number of hydrogen-bond donors (Lipinski definition) is 2. The summed E-state index contributed by atoms with van der Waals surface area (Å²) in [5.41, 5.74) is 1.86. The Morgan fingerprint density at radius 3 is 2.53 bits per heavy atom. The van der Waals surface area contributed by atoms with Gasteiger partial charge in [-0.15, -0.1) is 0 Å². The molecule has 4 heterocycles. The minimum Gasteiger partial charge on any atom is -0.324 e. The van der Waals surface area contributed by atoms with E-state index in [2.05, 4.69) is 20.2 Å². The molecule has 3 aromatic rings. The third-order valence-electron chi connectivity index (χ3n) is 6.59. The molecule has 0 amide bonds. The molecule has 3 aliphatic rings. The van der Waals surface area contributed by atoms with Crippen molar-refractivity contribution >= 4 is 38.3 Å². The van der Waals surface area contributed by atoms with Crippen LogP contribution in [0.3, 0.4) is 0 Å². The fraction of sp³-hybridized carbons (Fsp3) is 0.348. The minimum absolute atomic E-state index is 0.0307. The van der Waals surface area contributed by atoms with Gasteiger partial charge in [-0.05, 0) is 68.1 Å². The molecule has 9 heteroatoms. The van der Waals surface area contributed by atoms with Crippen molar-refractivity contribution in [2.75, 3.05) is 25.0 Å². The average molecular weight is 452 g/mol. The first-order valence-corrected chi connectivity index (χ1v) is 12.3. The molecule has 1 atom stereocenters. The first-order valence-electron chi connectivity index (χ1n) is 10.8. The predicted octanol–water partition coefficient (Wildman–Crippen LogP) is 2.94. The van der Waals surface area contributed by atoms with Crippen LogP contribution < -0.4 is 10.5 Å². The van der Waals surface area contributed by atoms with Gasteiger partial charge in [-0.25, -0.2) is 23.5 Å². The van der Waals surface area contributed by atoms with Gasteiger partial charge in [0, 0.05) is 35.8 Å². The molecule has 0 radical (unpaired) electrons. The molecule has 0 unspecified atom stereocenters. The zero-order valence-electron chi connectivity index (χ0n) is 17.6. The number of carbonyl (C=O) groups excluding carboxylic acids is 1. The first kappa shape index (κ1) is 21.0. The molecule has 0 aliphatic carbocycles. The molecule has 3 saturated heterocycles. The maximum absolute atomic E-state index is 13.2. The maximum Gasteiger partial charge on any atom is 0.238 e. The van der Waals surface area contributed by atoms with Crippen molar-refractivity contribution in [3.63, 3.8) is 0 Å². The van der Waals surface area contributed by atoms with Gasteiger partial charge in [-0.1, -0.05) is 12.1 Å². The highest BCUT2D eigenvalue weighted by Gasteiger charge is 2.35. The number of piperidine rings is 3. The highest BCUT2D eigenvalue weighted by Crippen LogP contribution is 2.35. The van der Waals surface area contributed by atoms with E-state index in [1.807, 2.05) is 18.2 Å². The number of nitrogens with zero attached hydrogens (tertiary/aromatic N) is 3. The number of rotatable bonds is 6. The number of benzene rings is 2. The normalized spacial score (nSPS) is 22.7. The summed E-state index contributed by atoms with van der Waals surface area (Å²) in [6.07, 6.45) is 4.61. The number of carbonyl (C=O) groups is 1. The lowest BCUT2D eigenvalue weighted by atomic mass is 9.76. The van der Waals surface area contributed by atoms with Gasteiger partial charge >= 0.3 is 0 Å². The van der Waals surface area contributed by atoms with E-state index in [0.29, 0.717) is 41.0 Å². The Morgan fingerprint density at radius 1 is 1.12 bits per heavy atom. The lowest BCUT2D eigenvalue weighted by molar-refractivity contribution is 0.0441. The van der Waals surface area contributed by atoms with E-state index >= 15 is 0 Å².